The van der Waals surface area contributed by atoms with Crippen molar-refractivity contribution < 1.29 is 19.7 Å². The Morgan fingerprint density at radius 3 is 2.53 bits per heavy atom. The van der Waals surface area contributed by atoms with Gasteiger partial charge in [0.05, 0.1) is 11.3 Å². The first-order chi connectivity index (χ1) is 21.5. The maximum Gasteiger partial charge on any atom is 0.410 e. The molecule has 45 heavy (non-hydrogen) atoms. The Morgan fingerprint density at radius 2 is 1.87 bits per heavy atom. The number of fused-ring (bicyclic) bond motifs is 2. The minimum Gasteiger partial charge on any atom is -0.444 e. The minimum absolute atomic E-state index is 0.274. The van der Waals surface area contributed by atoms with Gasteiger partial charge in [0.1, 0.15) is 17.0 Å². The lowest BCUT2D eigenvalue weighted by Crippen LogP contribution is -2.50. The van der Waals surface area contributed by atoms with Crippen molar-refractivity contribution in [3.63, 3.8) is 0 Å². The number of aliphatic hydroxyl groups excluding tert-OH is 1. The van der Waals surface area contributed by atoms with Crippen LogP contribution in [0.25, 0.3) is 0 Å². The molecule has 3 aliphatic rings. The molecular weight excluding hydrogens is 572 g/mol. The van der Waals surface area contributed by atoms with Crippen molar-refractivity contribution in [1.29, 1.82) is 0 Å². The number of nitrogens with one attached hydrogen (secondary N) is 1. The van der Waals surface area contributed by atoms with Gasteiger partial charge in [-0.25, -0.2) is 19.8 Å². The van der Waals surface area contributed by atoms with E-state index in [9.17, 15) is 15.0 Å². The van der Waals surface area contributed by atoms with E-state index in [2.05, 4.69) is 21.8 Å². The van der Waals surface area contributed by atoms with E-state index in [-0.39, 0.29) is 6.09 Å². The van der Waals surface area contributed by atoms with Crippen LogP contribution in [0, 0.1) is 0 Å². The van der Waals surface area contributed by atoms with E-state index < -0.39 is 17.4 Å². The summed E-state index contributed by atoms with van der Waals surface area (Å²) in [7, 11) is 0. The Balaban J connectivity index is 1.18. The van der Waals surface area contributed by atoms with Crippen molar-refractivity contribution >= 4 is 35.1 Å². The predicted octanol–water partition coefficient (Wildman–Crippen LogP) is 4.76. The van der Waals surface area contributed by atoms with E-state index in [4.69, 9.17) is 14.7 Å². The first kappa shape index (κ1) is 30.8. The third-order valence-corrected chi connectivity index (χ3v) is 8.56. The van der Waals surface area contributed by atoms with E-state index >= 15 is 0 Å². The molecule has 0 spiro atoms. The zero-order valence-corrected chi connectivity index (χ0v) is 26.4. The Labute approximate surface area is 263 Å². The molecule has 0 bridgehead atoms. The highest BCUT2D eigenvalue weighted by Gasteiger charge is 2.41. The van der Waals surface area contributed by atoms with E-state index in [0.29, 0.717) is 74.4 Å². The number of hydrazine groups is 1. The molecule has 0 saturated carbocycles. The quantitative estimate of drug-likeness (QED) is 0.319. The molecule has 3 N–H and O–H groups in total. The van der Waals surface area contributed by atoms with Crippen LogP contribution in [0.5, 0.6) is 0 Å². The number of pyridine rings is 1. The van der Waals surface area contributed by atoms with Crippen LogP contribution in [-0.4, -0.2) is 79.5 Å². The van der Waals surface area contributed by atoms with E-state index in [1.54, 1.807) is 27.2 Å². The van der Waals surface area contributed by atoms with Crippen LogP contribution in [0.3, 0.4) is 0 Å². The molecule has 1 aliphatic carbocycles. The number of aliphatic hydroxyl groups is 2. The molecule has 1 amide bonds. The zero-order chi connectivity index (χ0) is 31.9. The second-order valence-electron chi connectivity index (χ2n) is 12.8. The minimum atomic E-state index is -0.984. The summed E-state index contributed by atoms with van der Waals surface area (Å²) in [5.41, 5.74) is 2.66. The topological polar surface area (TPSA) is 130 Å². The average Bonchev–Trinajstić information content (AvgIpc) is 3.50. The van der Waals surface area contributed by atoms with Crippen LogP contribution < -0.4 is 15.2 Å². The van der Waals surface area contributed by atoms with Gasteiger partial charge in [-0.15, -0.1) is 6.58 Å². The summed E-state index contributed by atoms with van der Waals surface area (Å²) in [5, 5.41) is 29.2. The molecule has 1 aromatic carbocycles. The van der Waals surface area contributed by atoms with Gasteiger partial charge >= 0.3 is 6.09 Å². The van der Waals surface area contributed by atoms with Crippen LogP contribution in [0.1, 0.15) is 63.6 Å². The third-order valence-electron chi connectivity index (χ3n) is 8.56. The van der Waals surface area contributed by atoms with Crippen LogP contribution in [0.15, 0.2) is 55.3 Å². The number of hydrogen-bond acceptors (Lipinski definition) is 11. The summed E-state index contributed by atoms with van der Waals surface area (Å²) in [6.07, 6.45) is 4.07. The predicted molar refractivity (Wildman–Crippen MR) is 173 cm³/mol. The number of carbonyl (C=O) groups excluding carboxylic acids is 1. The molecule has 12 nitrogen and oxygen atoms in total. The largest absolute Gasteiger partial charge is 0.444 e. The number of benzene rings is 1. The summed E-state index contributed by atoms with van der Waals surface area (Å²) in [6.45, 7) is 14.4. The summed E-state index contributed by atoms with van der Waals surface area (Å²) in [5.74, 6) is 1.44. The number of piperazine rings is 1. The normalized spacial score (nSPS) is 21.5. The Hall–Kier alpha value is -4.26. The third kappa shape index (κ3) is 6.05. The van der Waals surface area contributed by atoms with E-state index in [1.165, 1.54) is 0 Å². The van der Waals surface area contributed by atoms with Crippen LogP contribution in [-0.2, 0) is 16.8 Å². The van der Waals surface area contributed by atoms with Crippen molar-refractivity contribution in [2.24, 2.45) is 0 Å². The molecule has 1 saturated heterocycles. The summed E-state index contributed by atoms with van der Waals surface area (Å²) >= 11 is 0. The Morgan fingerprint density at radius 1 is 1.13 bits per heavy atom. The number of carbonyl (C=O) groups is 1. The molecule has 4 heterocycles. The standard InChI is InChI=1S/C33H42N8O4/c1-6-16-40-29(42)25-21-34-30(37-28(25)41(40)26-13-8-22-14-15-33(44,7-2)27(22)36-26)35-23-9-11-24(12-10-23)38-17-19-39(20-18-38)31(43)45-32(3,4)5/h6,8-13,21,29,42,44H,1,7,14-20H2,2-5H3,(H,34,35,37)/t29?,33-/m1/s1. The fraction of sp³-hybridized carbons (Fsp3) is 0.455. The molecule has 12 heteroatoms. The molecule has 2 atom stereocenters. The van der Waals surface area contributed by atoms with Gasteiger partial charge in [-0.2, -0.15) is 9.99 Å². The first-order valence-corrected chi connectivity index (χ1v) is 15.5. The number of aromatic nitrogens is 3. The second kappa shape index (κ2) is 11.9. The fourth-order valence-corrected chi connectivity index (χ4v) is 6.10. The number of hydrogen-bond donors (Lipinski definition) is 3. The number of anilines is 5. The number of aryl methyl sites for hydroxylation is 1. The fourth-order valence-electron chi connectivity index (χ4n) is 6.10. The number of rotatable bonds is 7. The Bertz CT molecular complexity index is 1570. The zero-order valence-electron chi connectivity index (χ0n) is 26.4. The highest BCUT2D eigenvalue weighted by atomic mass is 16.6. The molecule has 2 aliphatic heterocycles. The molecule has 238 valence electrons. The number of amides is 1. The summed E-state index contributed by atoms with van der Waals surface area (Å²) in [4.78, 5) is 30.6. The molecule has 0 radical (unpaired) electrons. The van der Waals surface area contributed by atoms with Gasteiger partial charge in [-0.1, -0.05) is 19.1 Å². The highest BCUT2D eigenvalue weighted by molar-refractivity contribution is 5.69. The van der Waals surface area contributed by atoms with Crippen molar-refractivity contribution in [2.45, 2.75) is 64.4 Å². The summed E-state index contributed by atoms with van der Waals surface area (Å²) < 4.78 is 5.52. The maximum atomic E-state index is 12.4. The number of nitrogens with zero attached hydrogens (tertiary/aromatic N) is 7. The van der Waals surface area contributed by atoms with Gasteiger partial charge < -0.3 is 30.1 Å². The lowest BCUT2D eigenvalue weighted by Gasteiger charge is -2.36. The van der Waals surface area contributed by atoms with Crippen LogP contribution in [0.2, 0.25) is 0 Å². The van der Waals surface area contributed by atoms with Crippen molar-refractivity contribution in [1.82, 2.24) is 24.9 Å². The highest BCUT2D eigenvalue weighted by Crippen LogP contribution is 2.44. The monoisotopic (exact) mass is 614 g/mol. The molecule has 1 unspecified atom stereocenters. The molecule has 3 aromatic rings. The SMILES string of the molecule is C=CCN1C(O)c2cnc(Nc3ccc(N4CCN(C(=O)OC(C)(C)C)CC4)cc3)nc2N1c1ccc2c(n1)[C@@](O)(CC)CC2. The smallest absolute Gasteiger partial charge is 0.410 e. The van der Waals surface area contributed by atoms with Gasteiger partial charge in [0.25, 0.3) is 0 Å². The average molecular weight is 615 g/mol. The van der Waals surface area contributed by atoms with Crippen molar-refractivity contribution in [2.75, 3.05) is 47.9 Å². The van der Waals surface area contributed by atoms with Crippen LogP contribution in [0.4, 0.5) is 33.8 Å². The Kier molecular flexibility index (Phi) is 8.14. The van der Waals surface area contributed by atoms with Gasteiger partial charge in [0.2, 0.25) is 5.95 Å². The van der Waals surface area contributed by atoms with Crippen molar-refractivity contribution in [3.05, 3.63) is 72.1 Å². The second-order valence-corrected chi connectivity index (χ2v) is 12.8. The lowest BCUT2D eigenvalue weighted by atomic mass is 9.98. The number of ether oxygens (including phenoxy) is 1. The molecule has 2 aromatic heterocycles. The van der Waals surface area contributed by atoms with Gasteiger partial charge in [-0.05, 0) is 75.9 Å². The lowest BCUT2D eigenvalue weighted by molar-refractivity contribution is 0.0230. The first-order valence-electron chi connectivity index (χ1n) is 15.5. The van der Waals surface area contributed by atoms with Crippen LogP contribution >= 0.6 is 0 Å². The van der Waals surface area contributed by atoms with Gasteiger partial charge in [0, 0.05) is 50.3 Å². The van der Waals surface area contributed by atoms with Gasteiger partial charge in [0.15, 0.2) is 12.0 Å². The van der Waals surface area contributed by atoms with E-state index in [1.807, 2.05) is 64.1 Å². The summed E-state index contributed by atoms with van der Waals surface area (Å²) in [6, 6.07) is 11.9. The molecule has 1 fully saturated rings. The molecule has 6 rings (SSSR count). The van der Waals surface area contributed by atoms with Gasteiger partial charge in [-0.3, -0.25) is 0 Å². The molecular formula is C33H42N8O4. The van der Waals surface area contributed by atoms with E-state index in [0.717, 1.165) is 23.4 Å². The maximum absolute atomic E-state index is 12.4. The van der Waals surface area contributed by atoms with Crippen molar-refractivity contribution in [3.8, 4) is 0 Å².